The number of anilines is 1. The normalized spacial score (nSPS) is 19.0. The molecule has 0 aromatic heterocycles. The lowest BCUT2D eigenvalue weighted by Crippen LogP contribution is -2.47. The molecule has 1 saturated heterocycles. The van der Waals surface area contributed by atoms with E-state index in [1.54, 1.807) is 42.5 Å². The van der Waals surface area contributed by atoms with E-state index in [9.17, 15) is 19.1 Å². The molecular weight excluding hydrogens is 349 g/mol. The van der Waals surface area contributed by atoms with Crippen LogP contribution >= 0.6 is 0 Å². The molecular formula is C20H22FN3O3. The number of rotatable bonds is 5. The van der Waals surface area contributed by atoms with Crippen LogP contribution in [0.4, 0.5) is 14.9 Å². The Kier molecular flexibility index (Phi) is 6.03. The van der Waals surface area contributed by atoms with Crippen LogP contribution in [-0.2, 0) is 11.2 Å². The van der Waals surface area contributed by atoms with Crippen LogP contribution < -0.4 is 10.6 Å². The quantitative estimate of drug-likeness (QED) is 0.753. The Bertz CT molecular complexity index is 800. The summed E-state index contributed by atoms with van der Waals surface area (Å²) >= 11 is 0. The van der Waals surface area contributed by atoms with E-state index in [4.69, 9.17) is 0 Å². The number of hydrogen-bond donors (Lipinski definition) is 3. The molecule has 2 aromatic carbocycles. The minimum Gasteiger partial charge on any atom is -0.391 e. The average molecular weight is 371 g/mol. The average Bonchev–Trinajstić information content (AvgIpc) is 3.06. The Morgan fingerprint density at radius 2 is 1.81 bits per heavy atom. The van der Waals surface area contributed by atoms with Crippen molar-refractivity contribution in [2.24, 2.45) is 0 Å². The van der Waals surface area contributed by atoms with Gasteiger partial charge in [-0.1, -0.05) is 36.4 Å². The van der Waals surface area contributed by atoms with Gasteiger partial charge in [0.1, 0.15) is 11.9 Å². The molecule has 2 atom stereocenters. The Labute approximate surface area is 157 Å². The van der Waals surface area contributed by atoms with E-state index in [1.165, 1.54) is 11.0 Å². The molecule has 6 nitrogen and oxygen atoms in total. The summed E-state index contributed by atoms with van der Waals surface area (Å²) in [6.07, 6.45) is -0.230. The van der Waals surface area contributed by atoms with Crippen LogP contribution in [0, 0.1) is 5.82 Å². The van der Waals surface area contributed by atoms with Gasteiger partial charge in [0.25, 0.3) is 0 Å². The molecule has 0 aliphatic carbocycles. The van der Waals surface area contributed by atoms with Crippen molar-refractivity contribution in [1.29, 1.82) is 0 Å². The van der Waals surface area contributed by atoms with Crippen molar-refractivity contribution in [2.75, 3.05) is 18.4 Å². The number of likely N-dealkylation sites (tertiary alicyclic amines) is 1. The van der Waals surface area contributed by atoms with Gasteiger partial charge in [-0.05, 0) is 30.2 Å². The summed E-state index contributed by atoms with van der Waals surface area (Å²) in [5.41, 5.74) is 1.13. The number of β-amino-alcohol motifs (C(OH)–C–C–N with tert-alkyl or cyclic N) is 1. The number of halogens is 1. The standard InChI is InChI=1S/C20H22FN3O3/c21-17-9-5-4-6-14(17)10-11-22-19(26)18-12-16(25)13-24(18)20(27)23-15-7-2-1-3-8-15/h1-9,16,18,25H,10-13H2,(H,22,26)(H,23,27)/t16-,18+/m1/s1. The number of aliphatic hydroxyl groups is 1. The van der Waals surface area contributed by atoms with E-state index >= 15 is 0 Å². The first-order valence-corrected chi connectivity index (χ1v) is 8.86. The molecule has 3 N–H and O–H groups in total. The Balaban J connectivity index is 1.57. The van der Waals surface area contributed by atoms with Gasteiger partial charge < -0.3 is 20.6 Å². The highest BCUT2D eigenvalue weighted by molar-refractivity contribution is 5.94. The van der Waals surface area contributed by atoms with Gasteiger partial charge in [0.2, 0.25) is 5.91 Å². The maximum atomic E-state index is 13.6. The first-order valence-electron chi connectivity index (χ1n) is 8.86. The summed E-state index contributed by atoms with van der Waals surface area (Å²) in [6.45, 7) is 0.338. The molecule has 1 fully saturated rings. The van der Waals surface area contributed by atoms with Crippen molar-refractivity contribution < 1.29 is 19.1 Å². The lowest BCUT2D eigenvalue weighted by atomic mass is 10.1. The molecule has 1 aliphatic rings. The lowest BCUT2D eigenvalue weighted by molar-refractivity contribution is -0.124. The van der Waals surface area contributed by atoms with Crippen LogP contribution in [0.1, 0.15) is 12.0 Å². The monoisotopic (exact) mass is 371 g/mol. The molecule has 0 bridgehead atoms. The van der Waals surface area contributed by atoms with Crippen molar-refractivity contribution in [3.8, 4) is 0 Å². The molecule has 1 heterocycles. The number of urea groups is 1. The second kappa shape index (κ2) is 8.64. The molecule has 3 rings (SSSR count). The van der Waals surface area contributed by atoms with Crippen LogP contribution in [0.15, 0.2) is 54.6 Å². The van der Waals surface area contributed by atoms with Crippen LogP contribution in [0.5, 0.6) is 0 Å². The molecule has 0 saturated carbocycles. The summed E-state index contributed by atoms with van der Waals surface area (Å²) < 4.78 is 13.6. The topological polar surface area (TPSA) is 81.7 Å². The highest BCUT2D eigenvalue weighted by Gasteiger charge is 2.38. The third kappa shape index (κ3) is 4.83. The van der Waals surface area contributed by atoms with E-state index in [2.05, 4.69) is 10.6 Å². The minimum absolute atomic E-state index is 0.0874. The fourth-order valence-electron chi connectivity index (χ4n) is 3.14. The van der Waals surface area contributed by atoms with Gasteiger partial charge in [0.15, 0.2) is 0 Å². The number of aliphatic hydroxyl groups excluding tert-OH is 1. The van der Waals surface area contributed by atoms with Crippen LogP contribution in [0.2, 0.25) is 0 Å². The van der Waals surface area contributed by atoms with Crippen LogP contribution in [-0.4, -0.2) is 47.2 Å². The zero-order valence-electron chi connectivity index (χ0n) is 14.8. The van der Waals surface area contributed by atoms with Gasteiger partial charge in [-0.15, -0.1) is 0 Å². The SMILES string of the molecule is O=C(NCCc1ccccc1F)[C@@H]1C[C@@H](O)CN1C(=O)Nc1ccccc1. The smallest absolute Gasteiger partial charge is 0.322 e. The van der Waals surface area contributed by atoms with E-state index in [-0.39, 0.29) is 31.2 Å². The van der Waals surface area contributed by atoms with Gasteiger partial charge in [0.05, 0.1) is 6.10 Å². The number of nitrogens with zero attached hydrogens (tertiary/aromatic N) is 1. The maximum absolute atomic E-state index is 13.6. The summed E-state index contributed by atoms with van der Waals surface area (Å²) in [4.78, 5) is 26.3. The predicted octanol–water partition coefficient (Wildman–Crippen LogP) is 2.15. The van der Waals surface area contributed by atoms with Crippen molar-refractivity contribution in [3.63, 3.8) is 0 Å². The van der Waals surface area contributed by atoms with Crippen molar-refractivity contribution in [2.45, 2.75) is 25.0 Å². The van der Waals surface area contributed by atoms with Gasteiger partial charge in [-0.3, -0.25) is 4.79 Å². The Morgan fingerprint density at radius 3 is 2.56 bits per heavy atom. The first kappa shape index (κ1) is 18.8. The number of carbonyl (C=O) groups is 2. The second-order valence-corrected chi connectivity index (χ2v) is 6.49. The molecule has 0 spiro atoms. The third-order valence-electron chi connectivity index (χ3n) is 4.52. The molecule has 27 heavy (non-hydrogen) atoms. The van der Waals surface area contributed by atoms with Gasteiger partial charge in [0, 0.05) is 25.2 Å². The predicted molar refractivity (Wildman–Crippen MR) is 99.7 cm³/mol. The van der Waals surface area contributed by atoms with Crippen LogP contribution in [0.25, 0.3) is 0 Å². The van der Waals surface area contributed by atoms with Gasteiger partial charge in [-0.25, -0.2) is 9.18 Å². The largest absolute Gasteiger partial charge is 0.391 e. The highest BCUT2D eigenvalue weighted by atomic mass is 19.1. The van der Waals surface area contributed by atoms with Gasteiger partial charge in [-0.2, -0.15) is 0 Å². The zero-order chi connectivity index (χ0) is 19.2. The lowest BCUT2D eigenvalue weighted by Gasteiger charge is -2.24. The molecule has 2 aromatic rings. The number of hydrogen-bond acceptors (Lipinski definition) is 3. The first-order chi connectivity index (χ1) is 13.0. The molecule has 3 amide bonds. The van der Waals surface area contributed by atoms with Gasteiger partial charge >= 0.3 is 6.03 Å². The number of amides is 3. The fraction of sp³-hybridized carbons (Fsp3) is 0.300. The van der Waals surface area contributed by atoms with E-state index < -0.39 is 18.2 Å². The van der Waals surface area contributed by atoms with E-state index in [0.717, 1.165) is 0 Å². The Morgan fingerprint density at radius 1 is 1.11 bits per heavy atom. The molecule has 0 radical (unpaired) electrons. The number of nitrogens with one attached hydrogen (secondary N) is 2. The summed E-state index contributed by atoms with van der Waals surface area (Å²) in [7, 11) is 0. The third-order valence-corrected chi connectivity index (χ3v) is 4.52. The van der Waals surface area contributed by atoms with E-state index in [0.29, 0.717) is 17.7 Å². The maximum Gasteiger partial charge on any atom is 0.322 e. The van der Waals surface area contributed by atoms with Crippen molar-refractivity contribution >= 4 is 17.6 Å². The molecule has 0 unspecified atom stereocenters. The van der Waals surface area contributed by atoms with E-state index in [1.807, 2.05) is 6.07 Å². The molecule has 7 heteroatoms. The zero-order valence-corrected chi connectivity index (χ0v) is 14.8. The number of para-hydroxylation sites is 1. The molecule has 142 valence electrons. The summed E-state index contributed by atoms with van der Waals surface area (Å²) in [5, 5.41) is 15.4. The Hall–Kier alpha value is -2.93. The van der Waals surface area contributed by atoms with Crippen molar-refractivity contribution in [3.05, 3.63) is 66.0 Å². The number of carbonyl (C=O) groups excluding carboxylic acids is 2. The molecule has 1 aliphatic heterocycles. The summed E-state index contributed by atoms with van der Waals surface area (Å²) in [5.74, 6) is -0.669. The highest BCUT2D eigenvalue weighted by Crippen LogP contribution is 2.20. The summed E-state index contributed by atoms with van der Waals surface area (Å²) in [6, 6.07) is 14.1. The second-order valence-electron chi connectivity index (χ2n) is 6.49. The fourth-order valence-corrected chi connectivity index (χ4v) is 3.14. The number of benzene rings is 2. The minimum atomic E-state index is -0.760. The van der Waals surface area contributed by atoms with Crippen LogP contribution in [0.3, 0.4) is 0 Å². The van der Waals surface area contributed by atoms with Crippen molar-refractivity contribution in [1.82, 2.24) is 10.2 Å².